The van der Waals surface area contributed by atoms with E-state index in [1.54, 1.807) is 6.92 Å². The first kappa shape index (κ1) is 9.28. The maximum absolute atomic E-state index is 9.47. The van der Waals surface area contributed by atoms with E-state index in [-0.39, 0.29) is 0 Å². The minimum Gasteiger partial charge on any atom is -0.389 e. The second-order valence-electron chi connectivity index (χ2n) is 3.88. The SMILES string of the molecule is Cc1cn(C)c2cc(C(C)O)ccc12. The molecule has 0 bridgehead atoms. The van der Waals surface area contributed by atoms with Gasteiger partial charge in [0.05, 0.1) is 6.10 Å². The zero-order valence-corrected chi connectivity index (χ0v) is 8.78. The molecule has 1 atom stereocenters. The Morgan fingerprint density at radius 2 is 2.07 bits per heavy atom. The summed E-state index contributed by atoms with van der Waals surface area (Å²) < 4.78 is 2.09. The van der Waals surface area contributed by atoms with Crippen LogP contribution in [0.2, 0.25) is 0 Å². The minimum absolute atomic E-state index is 0.394. The molecule has 0 fully saturated rings. The standard InChI is InChI=1S/C12H15NO/c1-8-7-13(3)12-6-10(9(2)14)4-5-11(8)12/h4-7,9,14H,1-3H3. The summed E-state index contributed by atoms with van der Waals surface area (Å²) in [5.74, 6) is 0. The van der Waals surface area contributed by atoms with Crippen LogP contribution >= 0.6 is 0 Å². The molecule has 74 valence electrons. The molecule has 0 saturated carbocycles. The zero-order valence-electron chi connectivity index (χ0n) is 8.78. The summed E-state index contributed by atoms with van der Waals surface area (Å²) in [6.45, 7) is 3.89. The molecule has 0 spiro atoms. The van der Waals surface area contributed by atoms with Crippen molar-refractivity contribution in [3.63, 3.8) is 0 Å². The molecular formula is C12H15NO. The molecule has 1 unspecified atom stereocenters. The van der Waals surface area contributed by atoms with Gasteiger partial charge in [0.2, 0.25) is 0 Å². The number of hydrogen-bond acceptors (Lipinski definition) is 1. The molecule has 2 nitrogen and oxygen atoms in total. The van der Waals surface area contributed by atoms with Gasteiger partial charge in [-0.1, -0.05) is 12.1 Å². The third kappa shape index (κ3) is 1.32. The summed E-state index contributed by atoms with van der Waals surface area (Å²) in [5.41, 5.74) is 3.43. The molecule has 1 N–H and O–H groups in total. The third-order valence-corrected chi connectivity index (χ3v) is 2.70. The van der Waals surface area contributed by atoms with Gasteiger partial charge in [0.25, 0.3) is 0 Å². The lowest BCUT2D eigenvalue weighted by molar-refractivity contribution is 0.199. The predicted molar refractivity (Wildman–Crippen MR) is 58.3 cm³/mol. The van der Waals surface area contributed by atoms with Crippen molar-refractivity contribution in [2.75, 3.05) is 0 Å². The Kier molecular flexibility index (Phi) is 2.08. The Hall–Kier alpha value is -1.28. The molecule has 1 heterocycles. The lowest BCUT2D eigenvalue weighted by Crippen LogP contribution is -1.91. The van der Waals surface area contributed by atoms with Crippen LogP contribution in [0, 0.1) is 6.92 Å². The van der Waals surface area contributed by atoms with Crippen molar-refractivity contribution < 1.29 is 5.11 Å². The topological polar surface area (TPSA) is 25.2 Å². The Morgan fingerprint density at radius 3 is 2.71 bits per heavy atom. The highest BCUT2D eigenvalue weighted by molar-refractivity contribution is 5.84. The Bertz CT molecular complexity index is 468. The zero-order chi connectivity index (χ0) is 10.3. The van der Waals surface area contributed by atoms with Gasteiger partial charge in [-0.2, -0.15) is 0 Å². The molecular weight excluding hydrogens is 174 g/mol. The van der Waals surface area contributed by atoms with Crippen molar-refractivity contribution >= 4 is 10.9 Å². The van der Waals surface area contributed by atoms with Gasteiger partial charge < -0.3 is 9.67 Å². The van der Waals surface area contributed by atoms with Crippen LogP contribution in [0.3, 0.4) is 0 Å². The van der Waals surface area contributed by atoms with E-state index in [0.29, 0.717) is 0 Å². The van der Waals surface area contributed by atoms with Crippen molar-refractivity contribution in [3.8, 4) is 0 Å². The van der Waals surface area contributed by atoms with Crippen LogP contribution in [0.5, 0.6) is 0 Å². The summed E-state index contributed by atoms with van der Waals surface area (Å²) in [4.78, 5) is 0. The molecule has 2 rings (SSSR count). The number of aliphatic hydroxyl groups excluding tert-OH is 1. The first-order chi connectivity index (χ1) is 6.59. The van der Waals surface area contributed by atoms with Crippen LogP contribution in [0.25, 0.3) is 10.9 Å². The van der Waals surface area contributed by atoms with Gasteiger partial charge in [-0.05, 0) is 31.0 Å². The first-order valence-electron chi connectivity index (χ1n) is 4.83. The maximum Gasteiger partial charge on any atom is 0.0762 e. The third-order valence-electron chi connectivity index (χ3n) is 2.70. The van der Waals surface area contributed by atoms with E-state index in [4.69, 9.17) is 0 Å². The summed E-state index contributed by atoms with van der Waals surface area (Å²) in [7, 11) is 2.03. The summed E-state index contributed by atoms with van der Waals surface area (Å²) in [6.07, 6.45) is 1.71. The van der Waals surface area contributed by atoms with E-state index >= 15 is 0 Å². The number of benzene rings is 1. The molecule has 0 radical (unpaired) electrons. The minimum atomic E-state index is -0.394. The molecule has 2 aromatic rings. The lowest BCUT2D eigenvalue weighted by Gasteiger charge is -2.05. The summed E-state index contributed by atoms with van der Waals surface area (Å²) in [5, 5.41) is 10.7. The van der Waals surface area contributed by atoms with Crippen molar-refractivity contribution in [2.45, 2.75) is 20.0 Å². The number of fused-ring (bicyclic) bond motifs is 1. The Morgan fingerprint density at radius 1 is 1.36 bits per heavy atom. The van der Waals surface area contributed by atoms with Gasteiger partial charge in [0.15, 0.2) is 0 Å². The average molecular weight is 189 g/mol. The molecule has 0 saturated heterocycles. The molecule has 14 heavy (non-hydrogen) atoms. The molecule has 2 heteroatoms. The van der Waals surface area contributed by atoms with Crippen molar-refractivity contribution in [1.82, 2.24) is 4.57 Å². The van der Waals surface area contributed by atoms with Gasteiger partial charge in [0.1, 0.15) is 0 Å². The second kappa shape index (κ2) is 3.14. The van der Waals surface area contributed by atoms with Crippen molar-refractivity contribution in [2.24, 2.45) is 7.05 Å². The van der Waals surface area contributed by atoms with Crippen LogP contribution in [0.15, 0.2) is 24.4 Å². The maximum atomic E-state index is 9.47. The highest BCUT2D eigenvalue weighted by Gasteiger charge is 2.06. The average Bonchev–Trinajstić information content (AvgIpc) is 2.42. The quantitative estimate of drug-likeness (QED) is 0.732. The number of aromatic nitrogens is 1. The molecule has 0 aliphatic carbocycles. The number of aliphatic hydroxyl groups is 1. The highest BCUT2D eigenvalue weighted by atomic mass is 16.3. The summed E-state index contributed by atoms with van der Waals surface area (Å²) in [6, 6.07) is 6.11. The molecule has 1 aromatic carbocycles. The van der Waals surface area contributed by atoms with E-state index in [1.165, 1.54) is 16.5 Å². The fourth-order valence-electron chi connectivity index (χ4n) is 1.86. The van der Waals surface area contributed by atoms with E-state index in [9.17, 15) is 5.11 Å². The smallest absolute Gasteiger partial charge is 0.0762 e. The van der Waals surface area contributed by atoms with Gasteiger partial charge in [-0.15, -0.1) is 0 Å². The lowest BCUT2D eigenvalue weighted by atomic mass is 10.1. The van der Waals surface area contributed by atoms with E-state index in [1.807, 2.05) is 19.2 Å². The van der Waals surface area contributed by atoms with E-state index in [2.05, 4.69) is 23.8 Å². The second-order valence-corrected chi connectivity index (χ2v) is 3.88. The van der Waals surface area contributed by atoms with Gasteiger partial charge in [0, 0.05) is 24.1 Å². The van der Waals surface area contributed by atoms with Crippen molar-refractivity contribution in [3.05, 3.63) is 35.5 Å². The fourth-order valence-corrected chi connectivity index (χ4v) is 1.86. The Balaban J connectivity index is 2.71. The molecule has 0 aliphatic heterocycles. The monoisotopic (exact) mass is 189 g/mol. The summed E-state index contributed by atoms with van der Waals surface area (Å²) >= 11 is 0. The van der Waals surface area contributed by atoms with Crippen molar-refractivity contribution in [1.29, 1.82) is 0 Å². The van der Waals surface area contributed by atoms with Gasteiger partial charge in [-0.3, -0.25) is 0 Å². The van der Waals surface area contributed by atoms with Crippen LogP contribution in [0.1, 0.15) is 24.2 Å². The van der Waals surface area contributed by atoms with E-state index in [0.717, 1.165) is 5.56 Å². The van der Waals surface area contributed by atoms with E-state index < -0.39 is 6.10 Å². The number of rotatable bonds is 1. The number of hydrogen-bond donors (Lipinski definition) is 1. The van der Waals surface area contributed by atoms with Crippen LogP contribution in [0.4, 0.5) is 0 Å². The fraction of sp³-hybridized carbons (Fsp3) is 0.333. The number of aryl methyl sites for hydroxylation is 2. The molecule has 0 amide bonds. The van der Waals surface area contributed by atoms with Gasteiger partial charge >= 0.3 is 0 Å². The van der Waals surface area contributed by atoms with Crippen LogP contribution in [-0.2, 0) is 7.05 Å². The number of nitrogens with zero attached hydrogens (tertiary/aromatic N) is 1. The molecule has 1 aromatic heterocycles. The highest BCUT2D eigenvalue weighted by Crippen LogP contribution is 2.23. The van der Waals surface area contributed by atoms with Crippen LogP contribution < -0.4 is 0 Å². The normalized spacial score (nSPS) is 13.4. The molecule has 0 aliphatic rings. The predicted octanol–water partition coefficient (Wildman–Crippen LogP) is 2.54. The van der Waals surface area contributed by atoms with Gasteiger partial charge in [-0.25, -0.2) is 0 Å². The Labute approximate surface area is 83.8 Å². The first-order valence-corrected chi connectivity index (χ1v) is 4.83. The van der Waals surface area contributed by atoms with Crippen LogP contribution in [-0.4, -0.2) is 9.67 Å². The largest absolute Gasteiger partial charge is 0.389 e.